The van der Waals surface area contributed by atoms with E-state index in [1.54, 1.807) is 0 Å². The summed E-state index contributed by atoms with van der Waals surface area (Å²) >= 11 is 0. The van der Waals surface area contributed by atoms with Crippen LogP contribution in [0.25, 0.3) is 0 Å². The molecule has 1 aromatic rings. The van der Waals surface area contributed by atoms with Crippen molar-refractivity contribution in [1.29, 1.82) is 0 Å². The number of hydrogen-bond acceptors (Lipinski definition) is 4. The highest BCUT2D eigenvalue weighted by atomic mass is 16.5. The molecule has 0 radical (unpaired) electrons. The highest BCUT2D eigenvalue weighted by Crippen LogP contribution is 2.23. The molecular weight excluding hydrogens is 216 g/mol. The monoisotopic (exact) mass is 236 g/mol. The zero-order valence-corrected chi connectivity index (χ0v) is 10.6. The quantitative estimate of drug-likeness (QED) is 0.784. The van der Waals surface area contributed by atoms with E-state index in [1.807, 2.05) is 37.2 Å². The molecule has 4 heteroatoms. The third-order valence-corrected chi connectivity index (χ3v) is 2.78. The van der Waals surface area contributed by atoms with Crippen molar-refractivity contribution in [3.8, 4) is 0 Å². The first-order valence-corrected chi connectivity index (χ1v) is 5.62. The molecule has 4 nitrogen and oxygen atoms in total. The minimum absolute atomic E-state index is 0.0161. The zero-order chi connectivity index (χ0) is 12.8. The first-order valence-electron chi connectivity index (χ1n) is 5.62. The summed E-state index contributed by atoms with van der Waals surface area (Å²) in [5.41, 5.74) is 7.89. The zero-order valence-electron chi connectivity index (χ0n) is 10.6. The van der Waals surface area contributed by atoms with E-state index in [1.165, 1.54) is 7.11 Å². The number of ether oxygens (including phenoxy) is 1. The van der Waals surface area contributed by atoms with E-state index in [2.05, 4.69) is 10.8 Å². The number of hydrogen-bond donors (Lipinski definition) is 1. The Hall–Kier alpha value is -1.55. The number of rotatable bonds is 5. The molecule has 0 bridgehead atoms. The molecule has 1 atom stereocenters. The van der Waals surface area contributed by atoms with Crippen LogP contribution in [0.3, 0.4) is 0 Å². The maximum atomic E-state index is 11.3. The highest BCUT2D eigenvalue weighted by molar-refractivity contribution is 5.70. The van der Waals surface area contributed by atoms with E-state index in [9.17, 15) is 4.79 Å². The molecule has 0 spiro atoms. The fourth-order valence-corrected chi connectivity index (χ4v) is 1.68. The van der Waals surface area contributed by atoms with Crippen LogP contribution in [0.15, 0.2) is 24.3 Å². The Bertz CT molecular complexity index is 377. The van der Waals surface area contributed by atoms with Crippen molar-refractivity contribution in [2.24, 2.45) is 5.73 Å². The summed E-state index contributed by atoms with van der Waals surface area (Å²) in [6, 6.07) is 8.05. The van der Waals surface area contributed by atoms with Crippen molar-refractivity contribution >= 4 is 11.7 Å². The predicted octanol–water partition coefficient (Wildman–Crippen LogP) is 1.36. The average molecular weight is 236 g/mol. The van der Waals surface area contributed by atoms with Gasteiger partial charge in [-0.15, -0.1) is 0 Å². The lowest BCUT2D eigenvalue weighted by Gasteiger charge is -2.18. The third kappa shape index (κ3) is 3.75. The standard InChI is InChI=1S/C13H20N2O2/c1-15(2)12-6-4-5-10(7-12)11(9-14)8-13(16)17-3/h4-7,11H,8-9,14H2,1-3H3. The van der Waals surface area contributed by atoms with Crippen molar-refractivity contribution in [1.82, 2.24) is 0 Å². The van der Waals surface area contributed by atoms with Gasteiger partial charge in [-0.05, 0) is 24.2 Å². The van der Waals surface area contributed by atoms with Crippen LogP contribution < -0.4 is 10.6 Å². The second-order valence-electron chi connectivity index (χ2n) is 4.20. The van der Waals surface area contributed by atoms with E-state index in [0.29, 0.717) is 13.0 Å². The number of nitrogens with two attached hydrogens (primary N) is 1. The molecule has 0 fully saturated rings. The number of anilines is 1. The van der Waals surface area contributed by atoms with Crippen LogP contribution >= 0.6 is 0 Å². The van der Waals surface area contributed by atoms with Gasteiger partial charge in [-0.25, -0.2) is 0 Å². The minimum Gasteiger partial charge on any atom is -0.469 e. The predicted molar refractivity (Wildman–Crippen MR) is 69.2 cm³/mol. The first kappa shape index (κ1) is 13.5. The molecule has 0 aliphatic heterocycles. The van der Waals surface area contributed by atoms with Gasteiger partial charge in [-0.1, -0.05) is 12.1 Å². The molecule has 0 aliphatic rings. The molecule has 0 aliphatic carbocycles. The smallest absolute Gasteiger partial charge is 0.306 e. The summed E-state index contributed by atoms with van der Waals surface area (Å²) in [4.78, 5) is 13.3. The van der Waals surface area contributed by atoms with Crippen LogP contribution in [0.5, 0.6) is 0 Å². The lowest BCUT2D eigenvalue weighted by atomic mass is 9.95. The Morgan fingerprint density at radius 1 is 1.47 bits per heavy atom. The molecule has 94 valence electrons. The van der Waals surface area contributed by atoms with Crippen LogP contribution in [0, 0.1) is 0 Å². The van der Waals surface area contributed by atoms with Crippen molar-refractivity contribution in [2.45, 2.75) is 12.3 Å². The van der Waals surface area contributed by atoms with Gasteiger partial charge in [-0.2, -0.15) is 0 Å². The molecule has 1 aromatic carbocycles. The Labute approximate surface area is 102 Å². The van der Waals surface area contributed by atoms with Crippen molar-refractivity contribution < 1.29 is 9.53 Å². The Kier molecular flexibility index (Phi) is 4.97. The van der Waals surface area contributed by atoms with E-state index < -0.39 is 0 Å². The number of methoxy groups -OCH3 is 1. The average Bonchev–Trinajstić information content (AvgIpc) is 2.35. The van der Waals surface area contributed by atoms with Gasteiger partial charge in [0.1, 0.15) is 0 Å². The van der Waals surface area contributed by atoms with Gasteiger partial charge < -0.3 is 15.4 Å². The summed E-state index contributed by atoms with van der Waals surface area (Å²) in [6.45, 7) is 0.436. The van der Waals surface area contributed by atoms with Gasteiger partial charge in [-0.3, -0.25) is 4.79 Å². The van der Waals surface area contributed by atoms with Gasteiger partial charge in [0.05, 0.1) is 13.5 Å². The molecule has 0 aromatic heterocycles. The molecular formula is C13H20N2O2. The largest absolute Gasteiger partial charge is 0.469 e. The molecule has 0 heterocycles. The SMILES string of the molecule is COC(=O)CC(CN)c1cccc(N(C)C)c1. The van der Waals surface area contributed by atoms with Gasteiger partial charge in [0.25, 0.3) is 0 Å². The maximum Gasteiger partial charge on any atom is 0.306 e. The fraction of sp³-hybridized carbons (Fsp3) is 0.462. The Morgan fingerprint density at radius 3 is 2.71 bits per heavy atom. The van der Waals surface area contributed by atoms with Gasteiger partial charge in [0, 0.05) is 25.7 Å². The first-order chi connectivity index (χ1) is 8.08. The van der Waals surface area contributed by atoms with Gasteiger partial charge >= 0.3 is 5.97 Å². The molecule has 2 N–H and O–H groups in total. The van der Waals surface area contributed by atoms with Crippen LogP contribution in [0.4, 0.5) is 5.69 Å². The third-order valence-electron chi connectivity index (χ3n) is 2.78. The lowest BCUT2D eigenvalue weighted by molar-refractivity contribution is -0.141. The second-order valence-corrected chi connectivity index (χ2v) is 4.20. The maximum absolute atomic E-state index is 11.3. The van der Waals surface area contributed by atoms with E-state index in [0.717, 1.165) is 11.3 Å². The number of benzene rings is 1. The molecule has 1 rings (SSSR count). The molecule has 1 unspecified atom stereocenters. The number of esters is 1. The minimum atomic E-state index is -0.226. The number of nitrogens with zero attached hydrogens (tertiary/aromatic N) is 1. The van der Waals surface area contributed by atoms with E-state index in [4.69, 9.17) is 5.73 Å². The molecule has 17 heavy (non-hydrogen) atoms. The lowest BCUT2D eigenvalue weighted by Crippen LogP contribution is -2.18. The van der Waals surface area contributed by atoms with Crippen molar-refractivity contribution in [2.75, 3.05) is 32.6 Å². The van der Waals surface area contributed by atoms with Gasteiger partial charge in [0.2, 0.25) is 0 Å². The summed E-state index contributed by atoms with van der Waals surface area (Å²) < 4.78 is 4.68. The fourth-order valence-electron chi connectivity index (χ4n) is 1.68. The van der Waals surface area contributed by atoms with Crippen LogP contribution in [-0.2, 0) is 9.53 Å². The van der Waals surface area contributed by atoms with Crippen LogP contribution in [0.2, 0.25) is 0 Å². The summed E-state index contributed by atoms with van der Waals surface area (Å²) in [7, 11) is 5.36. The highest BCUT2D eigenvalue weighted by Gasteiger charge is 2.15. The summed E-state index contributed by atoms with van der Waals surface area (Å²) in [6.07, 6.45) is 0.323. The van der Waals surface area contributed by atoms with Crippen molar-refractivity contribution in [3.63, 3.8) is 0 Å². The van der Waals surface area contributed by atoms with Crippen molar-refractivity contribution in [3.05, 3.63) is 29.8 Å². The van der Waals surface area contributed by atoms with E-state index in [-0.39, 0.29) is 11.9 Å². The Balaban J connectivity index is 2.88. The van der Waals surface area contributed by atoms with E-state index >= 15 is 0 Å². The second kappa shape index (κ2) is 6.25. The van der Waals surface area contributed by atoms with Crippen LogP contribution in [0.1, 0.15) is 17.9 Å². The number of carbonyl (C=O) groups excluding carboxylic acids is 1. The van der Waals surface area contributed by atoms with Crippen LogP contribution in [-0.4, -0.2) is 33.7 Å². The summed E-state index contributed by atoms with van der Waals surface area (Å²) in [5, 5.41) is 0. The normalized spacial score (nSPS) is 12.0. The summed E-state index contributed by atoms with van der Waals surface area (Å²) in [5.74, 6) is -0.210. The molecule has 0 amide bonds. The molecule has 0 saturated heterocycles. The Morgan fingerprint density at radius 2 is 2.18 bits per heavy atom. The topological polar surface area (TPSA) is 55.6 Å². The molecule has 0 saturated carbocycles. The number of carbonyl (C=O) groups is 1. The van der Waals surface area contributed by atoms with Gasteiger partial charge in [0.15, 0.2) is 0 Å².